The summed E-state index contributed by atoms with van der Waals surface area (Å²) in [7, 11) is 1.14. The number of ether oxygens (including phenoxy) is 1. The number of amides is 1. The van der Waals surface area contributed by atoms with Crippen LogP contribution in [0.5, 0.6) is 0 Å². The molecule has 0 spiro atoms. The normalized spacial score (nSPS) is 11.2. The van der Waals surface area contributed by atoms with Gasteiger partial charge in [0.2, 0.25) is 0 Å². The second kappa shape index (κ2) is 8.21. The summed E-state index contributed by atoms with van der Waals surface area (Å²) in [6.07, 6.45) is -6.27. The average molecular weight is 398 g/mol. The van der Waals surface area contributed by atoms with Gasteiger partial charge >= 0.3 is 5.97 Å². The number of rotatable bonds is 7. The van der Waals surface area contributed by atoms with Gasteiger partial charge in [-0.25, -0.2) is 17.6 Å². The highest BCUT2D eigenvalue weighted by Gasteiger charge is 2.28. The van der Waals surface area contributed by atoms with Crippen molar-refractivity contribution in [2.75, 3.05) is 13.7 Å². The standard InChI is InChI=1S/C14H12ClF4N3O4/c1-25-8(23)4-20-14(24)7-3-2-6(26-7)5-22-11(13(18)19)9(15)10(21-22)12(16)17/h2-3,12-13H,4-5H2,1H3,(H,20,24). The highest BCUT2D eigenvalue weighted by Crippen LogP contribution is 2.34. The van der Waals surface area contributed by atoms with Gasteiger partial charge in [0.25, 0.3) is 18.8 Å². The van der Waals surface area contributed by atoms with Crippen LogP contribution in [0, 0.1) is 0 Å². The van der Waals surface area contributed by atoms with Crippen LogP contribution in [0.2, 0.25) is 5.02 Å². The lowest BCUT2D eigenvalue weighted by atomic mass is 10.3. The number of hydrogen-bond donors (Lipinski definition) is 1. The summed E-state index contributed by atoms with van der Waals surface area (Å²) in [6, 6.07) is 2.50. The molecule has 142 valence electrons. The van der Waals surface area contributed by atoms with Gasteiger partial charge in [0.15, 0.2) is 5.76 Å². The van der Waals surface area contributed by atoms with Crippen molar-refractivity contribution in [2.24, 2.45) is 0 Å². The van der Waals surface area contributed by atoms with Gasteiger partial charge in [-0.15, -0.1) is 0 Å². The Labute approximate surface area is 148 Å². The molecule has 0 atom stereocenters. The average Bonchev–Trinajstić information content (AvgIpc) is 3.17. The third kappa shape index (κ3) is 4.34. The smallest absolute Gasteiger partial charge is 0.325 e. The van der Waals surface area contributed by atoms with Crippen LogP contribution in [0.3, 0.4) is 0 Å². The fraction of sp³-hybridized carbons (Fsp3) is 0.357. The summed E-state index contributed by atoms with van der Waals surface area (Å²) >= 11 is 5.54. The van der Waals surface area contributed by atoms with Crippen LogP contribution in [-0.4, -0.2) is 35.3 Å². The number of aromatic nitrogens is 2. The number of hydrogen-bond acceptors (Lipinski definition) is 5. The van der Waals surface area contributed by atoms with Crippen LogP contribution < -0.4 is 5.32 Å². The third-order valence-electron chi connectivity index (χ3n) is 3.18. The first-order valence-corrected chi connectivity index (χ1v) is 7.38. The maximum Gasteiger partial charge on any atom is 0.325 e. The van der Waals surface area contributed by atoms with E-state index in [2.05, 4.69) is 15.2 Å². The van der Waals surface area contributed by atoms with Crippen molar-refractivity contribution in [2.45, 2.75) is 19.4 Å². The Morgan fingerprint density at radius 1 is 1.31 bits per heavy atom. The summed E-state index contributed by atoms with van der Waals surface area (Å²) in [6.45, 7) is -0.843. The molecule has 2 heterocycles. The third-order valence-corrected chi connectivity index (χ3v) is 3.57. The van der Waals surface area contributed by atoms with E-state index in [0.29, 0.717) is 4.68 Å². The van der Waals surface area contributed by atoms with E-state index in [9.17, 15) is 27.2 Å². The molecule has 0 saturated heterocycles. The Hall–Kier alpha value is -2.56. The lowest BCUT2D eigenvalue weighted by molar-refractivity contribution is -0.139. The summed E-state index contributed by atoms with van der Waals surface area (Å²) in [5.41, 5.74) is -1.85. The molecule has 2 rings (SSSR count). The van der Waals surface area contributed by atoms with E-state index in [4.69, 9.17) is 16.0 Å². The monoisotopic (exact) mass is 397 g/mol. The summed E-state index contributed by atoms with van der Waals surface area (Å²) in [5, 5.41) is 4.78. The zero-order valence-corrected chi connectivity index (χ0v) is 13.9. The number of nitrogens with zero attached hydrogens (tertiary/aromatic N) is 2. The van der Waals surface area contributed by atoms with Gasteiger partial charge in [-0.3, -0.25) is 14.3 Å². The molecule has 2 aromatic rings. The van der Waals surface area contributed by atoms with E-state index in [1.807, 2.05) is 0 Å². The van der Waals surface area contributed by atoms with Gasteiger partial charge in [0.1, 0.15) is 23.7 Å². The molecule has 2 aromatic heterocycles. The Morgan fingerprint density at radius 3 is 2.58 bits per heavy atom. The highest BCUT2D eigenvalue weighted by molar-refractivity contribution is 6.32. The second-order valence-electron chi connectivity index (χ2n) is 4.87. The molecule has 26 heavy (non-hydrogen) atoms. The molecule has 0 saturated carbocycles. The molecule has 0 bridgehead atoms. The van der Waals surface area contributed by atoms with Gasteiger partial charge in [0.05, 0.1) is 18.7 Å². The molecule has 1 amide bonds. The molecule has 0 aromatic carbocycles. The zero-order chi connectivity index (χ0) is 19.4. The first-order chi connectivity index (χ1) is 12.2. The highest BCUT2D eigenvalue weighted by atomic mass is 35.5. The van der Waals surface area contributed by atoms with Crippen LogP contribution in [0.4, 0.5) is 17.6 Å². The number of halogens is 5. The van der Waals surface area contributed by atoms with Crippen molar-refractivity contribution >= 4 is 23.5 Å². The Morgan fingerprint density at radius 2 is 2.00 bits per heavy atom. The van der Waals surface area contributed by atoms with Crippen molar-refractivity contribution < 1.29 is 36.3 Å². The number of esters is 1. The first kappa shape index (κ1) is 19.8. The fourth-order valence-electron chi connectivity index (χ4n) is 1.99. The molecule has 0 aliphatic rings. The molecular formula is C14H12ClF4N3O4. The number of carbonyl (C=O) groups excluding carboxylic acids is 2. The molecule has 0 radical (unpaired) electrons. The molecule has 0 unspecified atom stereocenters. The quantitative estimate of drug-likeness (QED) is 0.573. The minimum atomic E-state index is -3.14. The number of alkyl halides is 4. The van der Waals surface area contributed by atoms with E-state index < -0.39 is 54.2 Å². The topological polar surface area (TPSA) is 86.4 Å². The molecular weight excluding hydrogens is 386 g/mol. The molecule has 7 nitrogen and oxygen atoms in total. The van der Waals surface area contributed by atoms with Crippen LogP contribution >= 0.6 is 11.6 Å². The molecule has 0 aliphatic carbocycles. The van der Waals surface area contributed by atoms with Gasteiger partial charge < -0.3 is 14.5 Å². The summed E-state index contributed by atoms with van der Waals surface area (Å²) < 4.78 is 61.8. The van der Waals surface area contributed by atoms with Crippen molar-refractivity contribution in [1.82, 2.24) is 15.1 Å². The Bertz CT molecular complexity index is 806. The van der Waals surface area contributed by atoms with E-state index in [-0.39, 0.29) is 11.5 Å². The van der Waals surface area contributed by atoms with Crippen LogP contribution in [-0.2, 0) is 16.1 Å². The molecule has 0 fully saturated rings. The Balaban J connectivity index is 2.17. The predicted octanol–water partition coefficient (Wildman–Crippen LogP) is 2.96. The van der Waals surface area contributed by atoms with Crippen LogP contribution in [0.1, 0.15) is 40.6 Å². The fourth-order valence-corrected chi connectivity index (χ4v) is 2.29. The number of nitrogens with one attached hydrogen (secondary N) is 1. The summed E-state index contributed by atoms with van der Waals surface area (Å²) in [4.78, 5) is 22.7. The zero-order valence-electron chi connectivity index (χ0n) is 13.1. The van der Waals surface area contributed by atoms with E-state index >= 15 is 0 Å². The van der Waals surface area contributed by atoms with Crippen molar-refractivity contribution in [3.05, 3.63) is 40.1 Å². The number of furan rings is 1. The van der Waals surface area contributed by atoms with Gasteiger partial charge in [-0.05, 0) is 12.1 Å². The van der Waals surface area contributed by atoms with Gasteiger partial charge in [-0.1, -0.05) is 11.6 Å². The maximum absolute atomic E-state index is 13.1. The van der Waals surface area contributed by atoms with Crippen molar-refractivity contribution in [1.29, 1.82) is 0 Å². The van der Waals surface area contributed by atoms with E-state index in [1.54, 1.807) is 0 Å². The minimum absolute atomic E-state index is 0.00454. The number of methoxy groups -OCH3 is 1. The van der Waals surface area contributed by atoms with Crippen molar-refractivity contribution in [3.63, 3.8) is 0 Å². The minimum Gasteiger partial charge on any atom is -0.468 e. The lowest BCUT2D eigenvalue weighted by Crippen LogP contribution is -2.29. The van der Waals surface area contributed by atoms with E-state index in [0.717, 1.165) is 7.11 Å². The van der Waals surface area contributed by atoms with Gasteiger partial charge in [0, 0.05) is 0 Å². The number of carbonyl (C=O) groups is 2. The Kier molecular flexibility index (Phi) is 6.24. The first-order valence-electron chi connectivity index (χ1n) is 7.00. The van der Waals surface area contributed by atoms with Gasteiger partial charge in [-0.2, -0.15) is 5.10 Å². The lowest BCUT2D eigenvalue weighted by Gasteiger charge is -2.05. The second-order valence-corrected chi connectivity index (χ2v) is 5.25. The van der Waals surface area contributed by atoms with Crippen molar-refractivity contribution in [3.8, 4) is 0 Å². The molecule has 1 N–H and O–H groups in total. The molecule has 0 aliphatic heterocycles. The predicted molar refractivity (Wildman–Crippen MR) is 79.3 cm³/mol. The van der Waals surface area contributed by atoms with Crippen LogP contribution in [0.15, 0.2) is 16.5 Å². The van der Waals surface area contributed by atoms with E-state index in [1.165, 1.54) is 12.1 Å². The maximum atomic E-state index is 13.1. The SMILES string of the molecule is COC(=O)CNC(=O)c1ccc(Cn2nc(C(F)F)c(Cl)c2C(F)F)o1. The largest absolute Gasteiger partial charge is 0.468 e. The molecule has 12 heteroatoms. The van der Waals surface area contributed by atoms with Crippen LogP contribution in [0.25, 0.3) is 0 Å². The summed E-state index contributed by atoms with van der Waals surface area (Å²) in [5.74, 6) is -1.65.